The lowest BCUT2D eigenvalue weighted by Crippen LogP contribution is -2.55. The van der Waals surface area contributed by atoms with Gasteiger partial charge in [-0.2, -0.15) is 0 Å². The van der Waals surface area contributed by atoms with Gasteiger partial charge in [0.25, 0.3) is 5.91 Å². The summed E-state index contributed by atoms with van der Waals surface area (Å²) in [7, 11) is 3.03. The number of rotatable bonds is 8. The van der Waals surface area contributed by atoms with Crippen LogP contribution in [0.2, 0.25) is 0 Å². The molecule has 2 aromatic carbocycles. The lowest BCUT2D eigenvalue weighted by Gasteiger charge is -2.30. The Balaban J connectivity index is 1.91. The number of ether oxygens (including phenoxy) is 2. The molecule has 2 heterocycles. The molecule has 0 unspecified atom stereocenters. The second-order valence-electron chi connectivity index (χ2n) is 10.5. The molecule has 0 radical (unpaired) electrons. The molecule has 11 heteroatoms. The minimum atomic E-state index is -0.982. The number of nitrogens with zero attached hydrogens (tertiary/aromatic N) is 2. The van der Waals surface area contributed by atoms with Gasteiger partial charge in [0.05, 0.1) is 13.2 Å². The molecule has 2 aromatic rings. The van der Waals surface area contributed by atoms with Crippen LogP contribution in [0.1, 0.15) is 31.4 Å². The van der Waals surface area contributed by atoms with Crippen molar-refractivity contribution in [2.75, 3.05) is 40.5 Å². The third-order valence-corrected chi connectivity index (χ3v) is 6.66. The fraction of sp³-hybridized carbons (Fsp3) is 0.467. The molecule has 2 bridgehead atoms. The number of halogens is 1. The quantitative estimate of drug-likeness (QED) is 0.469. The molecule has 41 heavy (non-hydrogen) atoms. The zero-order chi connectivity index (χ0) is 29.9. The molecule has 222 valence electrons. The maximum atomic E-state index is 14.3. The first kappa shape index (κ1) is 31.5. The monoisotopic (exact) mass is 570 g/mol. The number of hydrogen-bond donors (Lipinski definition) is 2. The van der Waals surface area contributed by atoms with Crippen LogP contribution in [0, 0.1) is 11.7 Å². The van der Waals surface area contributed by atoms with Crippen molar-refractivity contribution >= 4 is 23.6 Å². The van der Waals surface area contributed by atoms with E-state index >= 15 is 0 Å². The van der Waals surface area contributed by atoms with Crippen molar-refractivity contribution in [2.24, 2.45) is 5.92 Å². The summed E-state index contributed by atoms with van der Waals surface area (Å²) in [4.78, 5) is 55.8. The highest BCUT2D eigenvalue weighted by atomic mass is 19.1. The largest absolute Gasteiger partial charge is 0.484 e. The van der Waals surface area contributed by atoms with E-state index in [0.29, 0.717) is 17.7 Å². The number of fused-ring (bicyclic) bond motifs is 13. The fourth-order valence-corrected chi connectivity index (χ4v) is 4.56. The minimum Gasteiger partial charge on any atom is -0.484 e. The first-order valence-electron chi connectivity index (χ1n) is 13.6. The molecule has 4 rings (SSSR count). The van der Waals surface area contributed by atoms with E-state index in [1.54, 1.807) is 49.5 Å². The van der Waals surface area contributed by atoms with Crippen LogP contribution in [0.15, 0.2) is 48.5 Å². The highest BCUT2D eigenvalue weighted by molar-refractivity contribution is 5.93. The van der Waals surface area contributed by atoms with Crippen molar-refractivity contribution in [1.82, 2.24) is 20.4 Å². The van der Waals surface area contributed by atoms with E-state index in [2.05, 4.69) is 10.6 Å². The third-order valence-electron chi connectivity index (χ3n) is 6.66. The van der Waals surface area contributed by atoms with Crippen LogP contribution >= 0.6 is 0 Å². The predicted molar refractivity (Wildman–Crippen MR) is 150 cm³/mol. The Morgan fingerprint density at radius 2 is 1.80 bits per heavy atom. The highest BCUT2D eigenvalue weighted by Crippen LogP contribution is 2.16. The molecule has 0 saturated carbocycles. The van der Waals surface area contributed by atoms with Crippen LogP contribution in [0.3, 0.4) is 0 Å². The Kier molecular flexibility index (Phi) is 11.6. The number of carbonyl (C=O) groups excluding carboxylic acids is 4. The SMILES string of the molecule is COCCN1CC(=O)N[C@H](C(=O)N(C)Cc2ccccc2F)Cc2ccc(cc2)OCC(=O)N[C@@H](CC(C)C)C1=O. The smallest absolute Gasteiger partial charge is 0.258 e. The molecule has 0 aromatic heterocycles. The second-order valence-corrected chi connectivity index (χ2v) is 10.5. The Labute approximate surface area is 240 Å². The minimum absolute atomic E-state index is 0.0136. The van der Waals surface area contributed by atoms with Crippen LogP contribution in [0.5, 0.6) is 5.75 Å². The summed E-state index contributed by atoms with van der Waals surface area (Å²) in [5.74, 6) is -1.77. The fourth-order valence-electron chi connectivity index (χ4n) is 4.56. The number of carbonyl (C=O) groups is 4. The van der Waals surface area contributed by atoms with Gasteiger partial charge in [0, 0.05) is 39.2 Å². The molecule has 2 aliphatic rings. The summed E-state index contributed by atoms with van der Waals surface area (Å²) in [6.07, 6.45) is 0.501. The van der Waals surface area contributed by atoms with Gasteiger partial charge in [-0.25, -0.2) is 4.39 Å². The van der Waals surface area contributed by atoms with Gasteiger partial charge in [0.2, 0.25) is 17.7 Å². The number of nitrogens with one attached hydrogen (secondary N) is 2. The lowest BCUT2D eigenvalue weighted by atomic mass is 10.0. The Hall–Kier alpha value is -3.99. The van der Waals surface area contributed by atoms with Crippen molar-refractivity contribution in [3.05, 3.63) is 65.5 Å². The van der Waals surface area contributed by atoms with Gasteiger partial charge in [-0.1, -0.05) is 44.2 Å². The van der Waals surface area contributed by atoms with Crippen molar-refractivity contribution in [3.63, 3.8) is 0 Å². The van der Waals surface area contributed by atoms with E-state index in [4.69, 9.17) is 9.47 Å². The van der Waals surface area contributed by atoms with Crippen LogP contribution in [0.25, 0.3) is 0 Å². The van der Waals surface area contributed by atoms with Crippen LogP contribution < -0.4 is 15.4 Å². The molecule has 0 saturated heterocycles. The number of benzene rings is 2. The molecule has 4 amide bonds. The summed E-state index contributed by atoms with van der Waals surface area (Å²) in [6.45, 7) is 3.51. The van der Waals surface area contributed by atoms with E-state index in [1.165, 1.54) is 23.0 Å². The highest BCUT2D eigenvalue weighted by Gasteiger charge is 2.30. The molecule has 2 N–H and O–H groups in total. The van der Waals surface area contributed by atoms with Gasteiger partial charge >= 0.3 is 0 Å². The maximum Gasteiger partial charge on any atom is 0.258 e. The maximum absolute atomic E-state index is 14.3. The summed E-state index contributed by atoms with van der Waals surface area (Å²) in [5, 5.41) is 5.52. The molecule has 0 fully saturated rings. The van der Waals surface area contributed by atoms with Gasteiger partial charge in [0.15, 0.2) is 6.61 Å². The zero-order valence-electron chi connectivity index (χ0n) is 24.0. The normalized spacial score (nSPS) is 18.6. The molecular formula is C30H39FN4O6. The van der Waals surface area contributed by atoms with Crippen molar-refractivity contribution in [3.8, 4) is 5.75 Å². The van der Waals surface area contributed by atoms with Crippen molar-refractivity contribution in [2.45, 2.75) is 45.3 Å². The Morgan fingerprint density at radius 1 is 1.10 bits per heavy atom. The van der Waals surface area contributed by atoms with Gasteiger partial charge in [-0.3, -0.25) is 19.2 Å². The number of amides is 4. The average Bonchev–Trinajstić information content (AvgIpc) is 2.93. The molecule has 2 aliphatic heterocycles. The van der Waals surface area contributed by atoms with E-state index < -0.39 is 41.5 Å². The second kappa shape index (κ2) is 15.1. The number of methoxy groups -OCH3 is 1. The molecule has 0 aliphatic carbocycles. The topological polar surface area (TPSA) is 117 Å². The van der Waals surface area contributed by atoms with Gasteiger partial charge in [-0.15, -0.1) is 0 Å². The van der Waals surface area contributed by atoms with Gasteiger partial charge in [0.1, 0.15) is 23.7 Å². The molecular weight excluding hydrogens is 531 g/mol. The van der Waals surface area contributed by atoms with E-state index in [1.807, 2.05) is 13.8 Å². The first-order valence-corrected chi connectivity index (χ1v) is 13.6. The van der Waals surface area contributed by atoms with E-state index in [0.717, 1.165) is 5.56 Å². The van der Waals surface area contributed by atoms with Gasteiger partial charge in [-0.05, 0) is 36.1 Å². The predicted octanol–water partition coefficient (Wildman–Crippen LogP) is 1.91. The van der Waals surface area contributed by atoms with E-state index in [-0.39, 0.29) is 45.2 Å². The average molecular weight is 571 g/mol. The van der Waals surface area contributed by atoms with Crippen LogP contribution in [-0.4, -0.2) is 86.0 Å². The lowest BCUT2D eigenvalue weighted by molar-refractivity contribution is -0.141. The zero-order valence-corrected chi connectivity index (χ0v) is 24.0. The van der Waals surface area contributed by atoms with Crippen LogP contribution in [0.4, 0.5) is 4.39 Å². The summed E-state index contributed by atoms with van der Waals surface area (Å²) >= 11 is 0. The van der Waals surface area contributed by atoms with Crippen molar-refractivity contribution < 1.29 is 33.0 Å². The Bertz CT molecular complexity index is 1210. The number of hydrogen-bond acceptors (Lipinski definition) is 6. The number of likely N-dealkylation sites (N-methyl/N-ethyl adjacent to an activating group) is 1. The first-order chi connectivity index (χ1) is 19.6. The Morgan fingerprint density at radius 3 is 2.46 bits per heavy atom. The van der Waals surface area contributed by atoms with Crippen LogP contribution in [-0.2, 0) is 36.9 Å². The third kappa shape index (κ3) is 9.56. The molecule has 2 atom stereocenters. The van der Waals surface area contributed by atoms with Gasteiger partial charge < -0.3 is 29.9 Å². The van der Waals surface area contributed by atoms with E-state index in [9.17, 15) is 23.6 Å². The standard InChI is InChI=1S/C30H39FN4O6/c1-20(2)15-25-30(39)35(13-14-40-4)18-27(36)32-26(29(38)34(3)17-22-7-5-6-8-24(22)31)16-21-9-11-23(12-10-21)41-19-28(37)33-25/h5-12,20,25-26H,13-19H2,1-4H3,(H,32,36)(H,33,37)/t25-,26-/m0/s1. The molecule has 0 spiro atoms. The summed E-state index contributed by atoms with van der Waals surface area (Å²) < 4.78 is 25.0. The summed E-state index contributed by atoms with van der Waals surface area (Å²) in [5.41, 5.74) is 1.08. The summed E-state index contributed by atoms with van der Waals surface area (Å²) in [6, 6.07) is 11.2. The van der Waals surface area contributed by atoms with Crippen molar-refractivity contribution in [1.29, 1.82) is 0 Å². The molecule has 10 nitrogen and oxygen atoms in total.